The fraction of sp³-hybridized carbons (Fsp3) is 0.152. The van der Waals surface area contributed by atoms with Crippen molar-refractivity contribution in [1.82, 2.24) is 19.9 Å². The molecule has 2 heterocycles. The van der Waals surface area contributed by atoms with Crippen molar-refractivity contribution >= 4 is 68.8 Å². The lowest BCUT2D eigenvalue weighted by Crippen LogP contribution is -2.15. The van der Waals surface area contributed by atoms with E-state index in [2.05, 4.69) is 30.6 Å². The van der Waals surface area contributed by atoms with Crippen LogP contribution in [0.5, 0.6) is 11.5 Å². The normalized spacial score (nSPS) is 11.1. The van der Waals surface area contributed by atoms with E-state index in [4.69, 9.17) is 9.47 Å². The van der Waals surface area contributed by atoms with E-state index in [0.29, 0.717) is 39.6 Å². The van der Waals surface area contributed by atoms with Crippen LogP contribution in [0.2, 0.25) is 0 Å². The minimum atomic E-state index is -0.162. The molecule has 10 nitrogen and oxygen atoms in total. The minimum Gasteiger partial charge on any atom is -0.495 e. The first-order valence-corrected chi connectivity index (χ1v) is 16.0. The third kappa shape index (κ3) is 7.41. The van der Waals surface area contributed by atoms with Gasteiger partial charge in [-0.05, 0) is 66.1 Å². The summed E-state index contributed by atoms with van der Waals surface area (Å²) in [5, 5.41) is 7.25. The molecule has 2 aromatic heterocycles. The van der Waals surface area contributed by atoms with Crippen LogP contribution in [0.3, 0.4) is 0 Å². The highest BCUT2D eigenvalue weighted by atomic mass is 32.2. The molecular formula is C33H30N6O4S2. The maximum Gasteiger partial charge on any atom is 0.234 e. The Morgan fingerprint density at radius 3 is 1.53 bits per heavy atom. The minimum absolute atomic E-state index is 0.162. The third-order valence-corrected chi connectivity index (χ3v) is 8.65. The second-order valence-corrected chi connectivity index (χ2v) is 12.0. The van der Waals surface area contributed by atoms with Crippen LogP contribution in [0.15, 0.2) is 95.2 Å². The molecule has 45 heavy (non-hydrogen) atoms. The van der Waals surface area contributed by atoms with Gasteiger partial charge in [-0.15, -0.1) is 0 Å². The number of anilines is 2. The van der Waals surface area contributed by atoms with Crippen LogP contribution >= 0.6 is 23.5 Å². The Morgan fingerprint density at radius 1 is 0.667 bits per heavy atom. The van der Waals surface area contributed by atoms with Gasteiger partial charge < -0.3 is 30.1 Å². The number of imidazole rings is 2. The van der Waals surface area contributed by atoms with E-state index < -0.39 is 0 Å². The first-order chi connectivity index (χ1) is 22.0. The molecule has 0 aliphatic heterocycles. The van der Waals surface area contributed by atoms with Crippen LogP contribution in [0.25, 0.3) is 22.1 Å². The molecule has 0 radical (unpaired) electrons. The zero-order chi connectivity index (χ0) is 31.2. The molecule has 0 atom stereocenters. The van der Waals surface area contributed by atoms with Gasteiger partial charge in [0, 0.05) is 0 Å². The summed E-state index contributed by atoms with van der Waals surface area (Å²) >= 11 is 2.68. The van der Waals surface area contributed by atoms with Crippen LogP contribution in [-0.2, 0) is 16.0 Å². The largest absolute Gasteiger partial charge is 0.495 e. The first kappa shape index (κ1) is 30.1. The average molecular weight is 639 g/mol. The Morgan fingerprint density at radius 2 is 1.11 bits per heavy atom. The molecule has 0 spiro atoms. The number of aromatic nitrogens is 4. The fourth-order valence-electron chi connectivity index (χ4n) is 4.77. The molecule has 0 unspecified atom stereocenters. The number of aromatic amines is 2. The number of para-hydroxylation sites is 4. The number of hydrogen-bond donors (Lipinski definition) is 4. The van der Waals surface area contributed by atoms with Crippen molar-refractivity contribution < 1.29 is 19.1 Å². The van der Waals surface area contributed by atoms with E-state index in [0.717, 1.165) is 33.2 Å². The molecule has 228 valence electrons. The number of amides is 2. The zero-order valence-corrected chi connectivity index (χ0v) is 26.2. The molecule has 0 fully saturated rings. The van der Waals surface area contributed by atoms with Gasteiger partial charge in [0.1, 0.15) is 11.5 Å². The van der Waals surface area contributed by atoms with Crippen LogP contribution in [0.1, 0.15) is 11.1 Å². The summed E-state index contributed by atoms with van der Waals surface area (Å²) in [4.78, 5) is 40.8. The predicted octanol–water partition coefficient (Wildman–Crippen LogP) is 6.51. The Bertz CT molecular complexity index is 1780. The van der Waals surface area contributed by atoms with E-state index in [-0.39, 0.29) is 23.3 Å². The van der Waals surface area contributed by atoms with Crippen LogP contribution in [0.4, 0.5) is 11.4 Å². The number of nitrogens with one attached hydrogen (secondary N) is 4. The average Bonchev–Trinajstić information content (AvgIpc) is 3.68. The summed E-state index contributed by atoms with van der Waals surface area (Å²) in [7, 11) is 3.15. The number of thioether (sulfide) groups is 2. The molecule has 0 saturated carbocycles. The van der Waals surface area contributed by atoms with Gasteiger partial charge in [0.15, 0.2) is 10.3 Å². The van der Waals surface area contributed by atoms with E-state index in [1.165, 1.54) is 23.5 Å². The molecule has 12 heteroatoms. The summed E-state index contributed by atoms with van der Waals surface area (Å²) in [5.41, 5.74) is 6.76. The molecule has 0 bridgehead atoms. The number of hydrogen-bond acceptors (Lipinski definition) is 8. The molecule has 6 rings (SSSR count). The molecule has 0 aliphatic carbocycles. The highest BCUT2D eigenvalue weighted by molar-refractivity contribution is 8.00. The maximum absolute atomic E-state index is 12.7. The van der Waals surface area contributed by atoms with Gasteiger partial charge in [-0.25, -0.2) is 9.97 Å². The van der Waals surface area contributed by atoms with Gasteiger partial charge in [-0.1, -0.05) is 59.9 Å². The van der Waals surface area contributed by atoms with Crippen LogP contribution < -0.4 is 20.1 Å². The molecule has 0 aliphatic rings. The molecule has 2 amide bonds. The second kappa shape index (κ2) is 13.8. The topological polar surface area (TPSA) is 134 Å². The van der Waals surface area contributed by atoms with Crippen molar-refractivity contribution in [3.05, 3.63) is 96.1 Å². The number of nitrogens with zero attached hydrogens (tertiary/aromatic N) is 2. The van der Waals surface area contributed by atoms with E-state index >= 15 is 0 Å². The van der Waals surface area contributed by atoms with Gasteiger partial charge in [-0.3, -0.25) is 9.59 Å². The van der Waals surface area contributed by atoms with Gasteiger partial charge in [0.05, 0.1) is 59.2 Å². The van der Waals surface area contributed by atoms with Gasteiger partial charge >= 0.3 is 0 Å². The zero-order valence-electron chi connectivity index (χ0n) is 24.5. The maximum atomic E-state index is 12.7. The Hall–Kier alpha value is -4.94. The van der Waals surface area contributed by atoms with Crippen molar-refractivity contribution in [3.8, 4) is 11.5 Å². The van der Waals surface area contributed by atoms with E-state index in [1.54, 1.807) is 14.2 Å². The number of H-pyrrole nitrogens is 2. The fourth-order valence-corrected chi connectivity index (χ4v) is 6.14. The molecule has 4 aromatic carbocycles. The Balaban J connectivity index is 1.04. The van der Waals surface area contributed by atoms with Crippen molar-refractivity contribution in [2.75, 3.05) is 36.4 Å². The van der Waals surface area contributed by atoms with Crippen LogP contribution in [-0.4, -0.2) is 57.5 Å². The third-order valence-electron chi connectivity index (χ3n) is 6.90. The van der Waals surface area contributed by atoms with E-state index in [1.807, 2.05) is 84.9 Å². The van der Waals surface area contributed by atoms with Crippen molar-refractivity contribution in [2.45, 2.75) is 16.7 Å². The smallest absolute Gasteiger partial charge is 0.234 e. The number of carbonyl (C=O) groups is 2. The number of methoxy groups -OCH3 is 2. The summed E-state index contributed by atoms with van der Waals surface area (Å²) in [6, 6.07) is 26.9. The SMILES string of the molecule is COc1cc(Cc2ccc(NC(=O)CSc3nc4ccccc4[nH]3)c(OC)c2)ccc1NC(=O)CSc1nc2ccccc2[nH]1. The van der Waals surface area contributed by atoms with Gasteiger partial charge in [-0.2, -0.15) is 0 Å². The first-order valence-electron chi connectivity index (χ1n) is 14.1. The molecule has 4 N–H and O–H groups in total. The molecule has 6 aromatic rings. The van der Waals surface area contributed by atoms with Crippen molar-refractivity contribution in [2.24, 2.45) is 0 Å². The molecule has 0 saturated heterocycles. The number of rotatable bonds is 12. The Labute approximate surface area is 267 Å². The summed E-state index contributed by atoms with van der Waals surface area (Å²) < 4.78 is 11.2. The summed E-state index contributed by atoms with van der Waals surface area (Å²) in [6.07, 6.45) is 0.596. The van der Waals surface area contributed by atoms with Crippen LogP contribution in [0, 0.1) is 0 Å². The number of ether oxygens (including phenoxy) is 2. The lowest BCUT2D eigenvalue weighted by atomic mass is 10.0. The lowest BCUT2D eigenvalue weighted by Gasteiger charge is -2.14. The Kier molecular flexibility index (Phi) is 9.22. The highest BCUT2D eigenvalue weighted by Gasteiger charge is 2.14. The predicted molar refractivity (Wildman–Crippen MR) is 180 cm³/mol. The summed E-state index contributed by atoms with van der Waals surface area (Å²) in [5.74, 6) is 1.20. The second-order valence-electron chi connectivity index (χ2n) is 10.0. The quantitative estimate of drug-likeness (QED) is 0.112. The lowest BCUT2D eigenvalue weighted by molar-refractivity contribution is -0.114. The standard InChI is InChI=1S/C33H30N6O4S2/c1-42-28-16-20(11-13-26(28)34-30(40)18-44-32-36-22-7-3-4-8-23(22)37-32)15-21-12-14-27(29(17-21)43-2)35-31(41)19-45-33-38-24-9-5-6-10-25(24)39-33/h3-14,16-17H,15,18-19H2,1-2H3,(H,34,40)(H,35,41)(H,36,37)(H,38,39). The van der Waals surface area contributed by atoms with Gasteiger partial charge in [0.2, 0.25) is 11.8 Å². The van der Waals surface area contributed by atoms with Crippen molar-refractivity contribution in [3.63, 3.8) is 0 Å². The number of benzene rings is 4. The highest BCUT2D eigenvalue weighted by Crippen LogP contribution is 2.31. The monoisotopic (exact) mass is 638 g/mol. The number of carbonyl (C=O) groups excluding carboxylic acids is 2. The molecular weight excluding hydrogens is 609 g/mol. The summed E-state index contributed by atoms with van der Waals surface area (Å²) in [6.45, 7) is 0. The van der Waals surface area contributed by atoms with Crippen molar-refractivity contribution in [1.29, 1.82) is 0 Å². The van der Waals surface area contributed by atoms with E-state index in [9.17, 15) is 9.59 Å². The van der Waals surface area contributed by atoms with Gasteiger partial charge in [0.25, 0.3) is 0 Å². The number of fused-ring (bicyclic) bond motifs is 2.